The van der Waals surface area contributed by atoms with E-state index in [2.05, 4.69) is 0 Å². The summed E-state index contributed by atoms with van der Waals surface area (Å²) in [5.41, 5.74) is 1.51. The van der Waals surface area contributed by atoms with E-state index in [9.17, 15) is 19.6 Å². The smallest absolute Gasteiger partial charge is 0.465 e. The second-order valence-corrected chi connectivity index (χ2v) is 9.68. The summed E-state index contributed by atoms with van der Waals surface area (Å²) in [6, 6.07) is 18.1. The van der Waals surface area contributed by atoms with Gasteiger partial charge in [0.05, 0.1) is 33.0 Å². The van der Waals surface area contributed by atoms with Gasteiger partial charge < -0.3 is 24.4 Å². The van der Waals surface area contributed by atoms with E-state index in [1.54, 1.807) is 24.3 Å². The largest absolute Gasteiger partial charge is 0.475 e. The van der Waals surface area contributed by atoms with Gasteiger partial charge in [0.25, 0.3) is 5.79 Å². The Hall–Kier alpha value is -2.14. The first kappa shape index (κ1) is 25.0. The molecular formula is C23H27O10P. The first-order valence-electron chi connectivity index (χ1n) is 10.8. The number of aliphatic hydroxyl groups excluding tert-OH is 2. The lowest BCUT2D eigenvalue weighted by Crippen LogP contribution is -2.50. The molecule has 2 aromatic carbocycles. The van der Waals surface area contributed by atoms with Crippen molar-refractivity contribution in [1.29, 1.82) is 0 Å². The van der Waals surface area contributed by atoms with Crippen molar-refractivity contribution in [2.45, 2.75) is 49.8 Å². The molecule has 0 amide bonds. The third-order valence-corrected chi connectivity index (χ3v) is 6.93. The topological polar surface area (TPSA) is 130 Å². The molecule has 2 saturated heterocycles. The van der Waals surface area contributed by atoms with Gasteiger partial charge in [-0.2, -0.15) is 0 Å². The minimum absolute atomic E-state index is 0.0428. The Morgan fingerprint density at radius 3 is 2.12 bits per heavy atom. The molecule has 0 unspecified atom stereocenters. The van der Waals surface area contributed by atoms with E-state index >= 15 is 0 Å². The van der Waals surface area contributed by atoms with Crippen LogP contribution in [0.1, 0.15) is 17.5 Å². The molecule has 10 nitrogen and oxygen atoms in total. The van der Waals surface area contributed by atoms with E-state index < -0.39 is 50.6 Å². The summed E-state index contributed by atoms with van der Waals surface area (Å²) in [6.45, 7) is -0.604. The van der Waals surface area contributed by atoms with Crippen LogP contribution in [-0.4, -0.2) is 60.1 Å². The van der Waals surface area contributed by atoms with Crippen molar-refractivity contribution in [2.75, 3.05) is 13.7 Å². The molecule has 2 aliphatic rings. The fourth-order valence-corrected chi connectivity index (χ4v) is 5.02. The molecule has 11 heteroatoms. The number of carbonyl (C=O) groups is 1. The van der Waals surface area contributed by atoms with Gasteiger partial charge in [-0.3, -0.25) is 13.6 Å². The molecule has 0 aromatic heterocycles. The normalized spacial score (nSPS) is 27.0. The fourth-order valence-electron chi connectivity index (χ4n) is 3.85. The number of fused-ring (bicyclic) bond motifs is 2. The number of phosphoric acid groups is 1. The summed E-state index contributed by atoms with van der Waals surface area (Å²) >= 11 is 0. The van der Waals surface area contributed by atoms with Crippen molar-refractivity contribution < 1.29 is 47.4 Å². The van der Waals surface area contributed by atoms with Crippen molar-refractivity contribution in [1.82, 2.24) is 0 Å². The highest BCUT2D eigenvalue weighted by molar-refractivity contribution is 7.48. The highest BCUT2D eigenvalue weighted by Crippen LogP contribution is 2.52. The van der Waals surface area contributed by atoms with Crippen LogP contribution in [0.2, 0.25) is 0 Å². The molecule has 2 aromatic rings. The average Bonchev–Trinajstić information content (AvgIpc) is 3.42. The van der Waals surface area contributed by atoms with Crippen molar-refractivity contribution in [3.8, 4) is 0 Å². The van der Waals surface area contributed by atoms with E-state index in [1.165, 1.54) is 7.11 Å². The quantitative estimate of drug-likeness (QED) is 0.355. The molecule has 2 heterocycles. The van der Waals surface area contributed by atoms with E-state index in [0.29, 0.717) is 0 Å². The number of esters is 1. The first-order valence-corrected chi connectivity index (χ1v) is 12.2. The highest BCUT2D eigenvalue weighted by Gasteiger charge is 2.64. The molecule has 0 spiro atoms. The molecule has 2 N–H and O–H groups in total. The number of rotatable bonds is 11. The number of methoxy groups -OCH3 is 1. The minimum Gasteiger partial charge on any atom is -0.465 e. The van der Waals surface area contributed by atoms with E-state index in [4.69, 9.17) is 27.8 Å². The molecule has 34 heavy (non-hydrogen) atoms. The van der Waals surface area contributed by atoms with Crippen molar-refractivity contribution in [3.05, 3.63) is 71.8 Å². The maximum absolute atomic E-state index is 13.3. The maximum Gasteiger partial charge on any atom is 0.475 e. The number of benzene rings is 2. The Balaban J connectivity index is 1.41. The predicted molar refractivity (Wildman–Crippen MR) is 117 cm³/mol. The van der Waals surface area contributed by atoms with Crippen LogP contribution in [0.5, 0.6) is 0 Å². The highest BCUT2D eigenvalue weighted by atomic mass is 31.2. The third-order valence-electron chi connectivity index (χ3n) is 5.58. The van der Waals surface area contributed by atoms with E-state index in [1.807, 2.05) is 36.4 Å². The Kier molecular flexibility index (Phi) is 7.81. The molecule has 2 fully saturated rings. The Bertz CT molecular complexity index is 956. The lowest BCUT2D eigenvalue weighted by Gasteiger charge is -2.30. The van der Waals surface area contributed by atoms with Gasteiger partial charge in [0.15, 0.2) is 0 Å². The zero-order chi connectivity index (χ0) is 24.2. The Labute approximate surface area is 196 Å². The van der Waals surface area contributed by atoms with Gasteiger partial charge in [0.2, 0.25) is 0 Å². The van der Waals surface area contributed by atoms with Crippen LogP contribution in [-0.2, 0) is 50.4 Å². The zero-order valence-corrected chi connectivity index (χ0v) is 19.4. The Morgan fingerprint density at radius 1 is 1.03 bits per heavy atom. The molecule has 5 atom stereocenters. The number of phosphoric ester groups is 1. The minimum atomic E-state index is -4.13. The van der Waals surface area contributed by atoms with Crippen LogP contribution < -0.4 is 0 Å². The molecule has 0 saturated carbocycles. The zero-order valence-electron chi connectivity index (χ0n) is 18.5. The van der Waals surface area contributed by atoms with E-state index in [-0.39, 0.29) is 19.6 Å². The van der Waals surface area contributed by atoms with Crippen LogP contribution in [0.15, 0.2) is 60.7 Å². The molecule has 184 valence electrons. The number of carbonyl (C=O) groups excluding carboxylic acids is 1. The molecule has 4 rings (SSSR count). The van der Waals surface area contributed by atoms with Gasteiger partial charge in [0.1, 0.15) is 18.3 Å². The second-order valence-electron chi connectivity index (χ2n) is 8.01. The summed E-state index contributed by atoms with van der Waals surface area (Å²) < 4.78 is 45.6. The molecular weight excluding hydrogens is 467 g/mol. The third kappa shape index (κ3) is 5.56. The van der Waals surface area contributed by atoms with Gasteiger partial charge >= 0.3 is 13.8 Å². The van der Waals surface area contributed by atoms with Gasteiger partial charge in [-0.05, 0) is 11.1 Å². The van der Waals surface area contributed by atoms with Gasteiger partial charge in [-0.15, -0.1) is 0 Å². The summed E-state index contributed by atoms with van der Waals surface area (Å²) in [6.07, 6.45) is -4.66. The second kappa shape index (κ2) is 10.6. The fraction of sp³-hybridized carbons (Fsp3) is 0.435. The van der Waals surface area contributed by atoms with Gasteiger partial charge in [0, 0.05) is 6.42 Å². The number of ether oxygens (including phenoxy) is 3. The van der Waals surface area contributed by atoms with Crippen molar-refractivity contribution in [2.24, 2.45) is 0 Å². The van der Waals surface area contributed by atoms with Crippen molar-refractivity contribution >= 4 is 13.8 Å². The van der Waals surface area contributed by atoms with Crippen LogP contribution >= 0.6 is 7.82 Å². The summed E-state index contributed by atoms with van der Waals surface area (Å²) in [5.74, 6) is -2.60. The lowest BCUT2D eigenvalue weighted by atomic mass is 9.98. The van der Waals surface area contributed by atoms with Crippen LogP contribution in [0.25, 0.3) is 0 Å². The van der Waals surface area contributed by atoms with Gasteiger partial charge in [-0.1, -0.05) is 60.7 Å². The average molecular weight is 494 g/mol. The van der Waals surface area contributed by atoms with E-state index in [0.717, 1.165) is 11.1 Å². The Morgan fingerprint density at radius 2 is 1.59 bits per heavy atom. The number of aliphatic hydroxyl groups is 2. The molecule has 2 bridgehead atoms. The van der Waals surface area contributed by atoms with Crippen LogP contribution in [0, 0.1) is 0 Å². The summed E-state index contributed by atoms with van der Waals surface area (Å²) in [7, 11) is -2.96. The summed E-state index contributed by atoms with van der Waals surface area (Å²) in [5, 5.41) is 20.9. The standard InChI is InChI=1S/C23H27O10P/c1-28-22(26)23-12-18(24)20(32-23)21(33-23)19(25)15-31-34(27,29-13-16-8-4-2-5-9-16)30-14-17-10-6-3-7-11-17/h2-11,18-21,24-25H,12-15H2,1H3/t18-,19+,20+,21+,23-/m0/s1. The molecule has 0 radical (unpaired) electrons. The monoisotopic (exact) mass is 494 g/mol. The SMILES string of the molecule is COC(=O)[C@@]12C[C@H](O)[C@@H](O1)[C@@H]([C@H](O)COP(=O)(OCc1ccccc1)OCc1ccccc1)O2. The predicted octanol–water partition coefficient (Wildman–Crippen LogP) is 2.32. The van der Waals surface area contributed by atoms with Crippen LogP contribution in [0.3, 0.4) is 0 Å². The maximum atomic E-state index is 13.3. The first-order chi connectivity index (χ1) is 16.3. The summed E-state index contributed by atoms with van der Waals surface area (Å²) in [4.78, 5) is 12.1. The molecule has 0 aliphatic carbocycles. The lowest BCUT2D eigenvalue weighted by molar-refractivity contribution is -0.211. The molecule has 2 aliphatic heterocycles. The number of hydrogen-bond acceptors (Lipinski definition) is 10. The number of hydrogen-bond donors (Lipinski definition) is 2. The van der Waals surface area contributed by atoms with Gasteiger partial charge in [-0.25, -0.2) is 9.36 Å². The van der Waals surface area contributed by atoms with Crippen molar-refractivity contribution in [3.63, 3.8) is 0 Å². The van der Waals surface area contributed by atoms with Crippen LogP contribution in [0.4, 0.5) is 0 Å².